The molecule has 0 spiro atoms. The number of aryl methyl sites for hydroxylation is 1. The van der Waals surface area contributed by atoms with Crippen LogP contribution in [0.1, 0.15) is 65.0 Å². The molecule has 1 N–H and O–H groups in total. The van der Waals surface area contributed by atoms with Crippen LogP contribution in [0.15, 0.2) is 24.3 Å². The molecule has 1 aromatic carbocycles. The lowest BCUT2D eigenvalue weighted by Crippen LogP contribution is -2.44. The van der Waals surface area contributed by atoms with Crippen LogP contribution < -0.4 is 0 Å². The molecule has 0 aliphatic heterocycles. The molecule has 0 atom stereocenters. The van der Waals surface area contributed by atoms with E-state index in [-0.39, 0.29) is 10.8 Å². The standard InChI is InChI=1S/C18H28O/c1-6-14-8-7-9-15(10-14)18(19)12-16(2,3)11-17(4,5)13-18/h7-10,19H,6,11-13H2,1-5H3. The summed E-state index contributed by atoms with van der Waals surface area (Å²) in [5.74, 6) is 0. The van der Waals surface area contributed by atoms with Gasteiger partial charge in [-0.1, -0.05) is 58.9 Å². The fourth-order valence-corrected chi connectivity index (χ4v) is 4.35. The molecule has 1 fully saturated rings. The van der Waals surface area contributed by atoms with Gasteiger partial charge in [-0.15, -0.1) is 0 Å². The van der Waals surface area contributed by atoms with Crippen LogP contribution in [0.2, 0.25) is 0 Å². The van der Waals surface area contributed by atoms with Gasteiger partial charge < -0.3 is 5.11 Å². The maximum Gasteiger partial charge on any atom is 0.0906 e. The first-order valence-corrected chi connectivity index (χ1v) is 7.48. The molecule has 0 bridgehead atoms. The number of hydrogen-bond acceptors (Lipinski definition) is 1. The first-order chi connectivity index (χ1) is 8.66. The van der Waals surface area contributed by atoms with Gasteiger partial charge in [-0.2, -0.15) is 0 Å². The minimum Gasteiger partial charge on any atom is -0.385 e. The second-order valence-corrected chi connectivity index (χ2v) is 7.94. The maximum absolute atomic E-state index is 11.2. The molecule has 2 rings (SSSR count). The zero-order valence-corrected chi connectivity index (χ0v) is 13.1. The highest BCUT2D eigenvalue weighted by atomic mass is 16.3. The van der Waals surface area contributed by atoms with Crippen LogP contribution in [0.25, 0.3) is 0 Å². The van der Waals surface area contributed by atoms with Gasteiger partial charge in [-0.3, -0.25) is 0 Å². The lowest BCUT2D eigenvalue weighted by atomic mass is 9.58. The number of rotatable bonds is 2. The third-order valence-electron chi connectivity index (χ3n) is 4.37. The summed E-state index contributed by atoms with van der Waals surface area (Å²) in [6, 6.07) is 8.51. The van der Waals surface area contributed by atoms with Crippen molar-refractivity contribution >= 4 is 0 Å². The summed E-state index contributed by atoms with van der Waals surface area (Å²) in [5.41, 5.74) is 2.13. The lowest BCUT2D eigenvalue weighted by molar-refractivity contribution is -0.0913. The first-order valence-electron chi connectivity index (χ1n) is 7.48. The maximum atomic E-state index is 11.2. The second kappa shape index (κ2) is 4.63. The molecule has 1 aliphatic carbocycles. The van der Waals surface area contributed by atoms with Gasteiger partial charge in [-0.05, 0) is 47.6 Å². The Morgan fingerprint density at radius 2 is 1.58 bits per heavy atom. The molecule has 106 valence electrons. The third kappa shape index (κ3) is 3.20. The van der Waals surface area contributed by atoms with Gasteiger partial charge >= 0.3 is 0 Å². The Bertz CT molecular complexity index is 441. The van der Waals surface area contributed by atoms with Gasteiger partial charge in [-0.25, -0.2) is 0 Å². The summed E-state index contributed by atoms with van der Waals surface area (Å²) in [7, 11) is 0. The van der Waals surface area contributed by atoms with Gasteiger partial charge in [0.25, 0.3) is 0 Å². The molecule has 0 saturated heterocycles. The Labute approximate surface area is 118 Å². The number of hydrogen-bond donors (Lipinski definition) is 1. The summed E-state index contributed by atoms with van der Waals surface area (Å²) in [6.45, 7) is 11.3. The van der Waals surface area contributed by atoms with Crippen LogP contribution in [-0.2, 0) is 12.0 Å². The Kier molecular flexibility index (Phi) is 3.55. The highest BCUT2D eigenvalue weighted by Gasteiger charge is 2.47. The second-order valence-electron chi connectivity index (χ2n) is 7.94. The molecule has 1 saturated carbocycles. The van der Waals surface area contributed by atoms with Crippen molar-refractivity contribution in [1.29, 1.82) is 0 Å². The van der Waals surface area contributed by atoms with E-state index in [1.807, 2.05) is 0 Å². The smallest absolute Gasteiger partial charge is 0.0906 e. The summed E-state index contributed by atoms with van der Waals surface area (Å²) in [5, 5.41) is 11.2. The molecule has 1 aromatic rings. The minimum absolute atomic E-state index is 0.193. The van der Waals surface area contributed by atoms with Crippen molar-refractivity contribution in [2.75, 3.05) is 0 Å². The van der Waals surface area contributed by atoms with Crippen LogP contribution in [-0.4, -0.2) is 5.11 Å². The average Bonchev–Trinajstić information content (AvgIpc) is 2.24. The molecule has 1 nitrogen and oxygen atoms in total. The summed E-state index contributed by atoms with van der Waals surface area (Å²) >= 11 is 0. The highest BCUT2D eigenvalue weighted by molar-refractivity contribution is 5.29. The van der Waals surface area contributed by atoms with Crippen LogP contribution in [0.5, 0.6) is 0 Å². The predicted molar refractivity (Wildman–Crippen MR) is 81.1 cm³/mol. The predicted octanol–water partition coefficient (Wildman–Crippen LogP) is 4.67. The first kappa shape index (κ1) is 14.6. The fourth-order valence-electron chi connectivity index (χ4n) is 4.35. The quantitative estimate of drug-likeness (QED) is 0.819. The average molecular weight is 260 g/mol. The molecule has 0 unspecified atom stereocenters. The molecule has 19 heavy (non-hydrogen) atoms. The van der Waals surface area contributed by atoms with Crippen molar-refractivity contribution in [2.24, 2.45) is 10.8 Å². The lowest BCUT2D eigenvalue weighted by Gasteiger charge is -2.50. The van der Waals surface area contributed by atoms with Crippen molar-refractivity contribution in [3.8, 4) is 0 Å². The Hall–Kier alpha value is -0.820. The highest BCUT2D eigenvalue weighted by Crippen LogP contribution is 2.53. The summed E-state index contributed by atoms with van der Waals surface area (Å²) in [4.78, 5) is 0. The fraction of sp³-hybridized carbons (Fsp3) is 0.667. The normalized spacial score (nSPS) is 24.1. The molecule has 0 aromatic heterocycles. The monoisotopic (exact) mass is 260 g/mol. The van der Waals surface area contributed by atoms with E-state index < -0.39 is 5.60 Å². The van der Waals surface area contributed by atoms with Crippen LogP contribution >= 0.6 is 0 Å². The molecule has 0 radical (unpaired) electrons. The van der Waals surface area contributed by atoms with Crippen LogP contribution in [0.3, 0.4) is 0 Å². The van der Waals surface area contributed by atoms with E-state index in [9.17, 15) is 5.11 Å². The van der Waals surface area contributed by atoms with Crippen LogP contribution in [0.4, 0.5) is 0 Å². The van der Waals surface area contributed by atoms with E-state index in [1.54, 1.807) is 0 Å². The topological polar surface area (TPSA) is 20.2 Å². The van der Waals surface area contributed by atoms with E-state index in [1.165, 1.54) is 12.0 Å². The Morgan fingerprint density at radius 3 is 2.11 bits per heavy atom. The van der Waals surface area contributed by atoms with E-state index >= 15 is 0 Å². The third-order valence-corrected chi connectivity index (χ3v) is 4.37. The Morgan fingerprint density at radius 1 is 1.00 bits per heavy atom. The van der Waals surface area contributed by atoms with E-state index in [4.69, 9.17) is 0 Å². The van der Waals surface area contributed by atoms with Gasteiger partial charge in [0.2, 0.25) is 0 Å². The van der Waals surface area contributed by atoms with Gasteiger partial charge in [0.05, 0.1) is 5.60 Å². The summed E-state index contributed by atoms with van der Waals surface area (Å²) < 4.78 is 0. The van der Waals surface area contributed by atoms with Crippen molar-refractivity contribution in [1.82, 2.24) is 0 Å². The number of benzene rings is 1. The largest absolute Gasteiger partial charge is 0.385 e. The van der Waals surface area contributed by atoms with Crippen molar-refractivity contribution < 1.29 is 5.11 Å². The van der Waals surface area contributed by atoms with Gasteiger partial charge in [0.15, 0.2) is 0 Å². The van der Waals surface area contributed by atoms with Gasteiger partial charge in [0, 0.05) is 0 Å². The Balaban J connectivity index is 2.40. The minimum atomic E-state index is -0.670. The molecular formula is C18H28O. The summed E-state index contributed by atoms with van der Waals surface area (Å²) in [6.07, 6.45) is 3.92. The SMILES string of the molecule is CCc1cccc(C2(O)CC(C)(C)CC(C)(C)C2)c1. The molecular weight excluding hydrogens is 232 g/mol. The van der Waals surface area contributed by atoms with Crippen molar-refractivity contribution in [3.63, 3.8) is 0 Å². The van der Waals surface area contributed by atoms with Crippen LogP contribution in [0, 0.1) is 10.8 Å². The van der Waals surface area contributed by atoms with E-state index in [0.717, 1.165) is 24.8 Å². The zero-order chi connectivity index (χ0) is 14.3. The molecule has 1 heteroatoms. The molecule has 0 heterocycles. The zero-order valence-electron chi connectivity index (χ0n) is 13.1. The van der Waals surface area contributed by atoms with E-state index in [0.29, 0.717) is 0 Å². The number of aliphatic hydroxyl groups is 1. The van der Waals surface area contributed by atoms with Crippen molar-refractivity contribution in [3.05, 3.63) is 35.4 Å². The van der Waals surface area contributed by atoms with E-state index in [2.05, 4.69) is 58.9 Å². The molecule has 1 aliphatic rings. The van der Waals surface area contributed by atoms with Crippen molar-refractivity contribution in [2.45, 2.75) is 65.9 Å². The molecule has 0 amide bonds. The van der Waals surface area contributed by atoms with Gasteiger partial charge in [0.1, 0.15) is 0 Å².